The average Bonchev–Trinajstić information content (AvgIpc) is 2.46. The number of halogens is 2. The Morgan fingerprint density at radius 2 is 2.05 bits per heavy atom. The molecule has 0 unspecified atom stereocenters. The van der Waals surface area contributed by atoms with Gasteiger partial charge in [0.05, 0.1) is 10.6 Å². The van der Waals surface area contributed by atoms with Crippen LogP contribution in [0.5, 0.6) is 5.75 Å². The molecule has 2 aromatic rings. The molecule has 0 bridgehead atoms. The van der Waals surface area contributed by atoms with E-state index in [9.17, 15) is 4.39 Å². The monoisotopic (exact) mass is 294 g/mol. The summed E-state index contributed by atoms with van der Waals surface area (Å²) in [5.41, 5.74) is 6.67. The third-order valence-electron chi connectivity index (χ3n) is 2.67. The molecule has 0 atom stereocenters. The minimum absolute atomic E-state index is 0.0502. The minimum Gasteiger partial charge on any atom is -0.488 e. The van der Waals surface area contributed by atoms with Gasteiger partial charge in [-0.15, -0.1) is 0 Å². The molecule has 0 heterocycles. The summed E-state index contributed by atoms with van der Waals surface area (Å²) in [6.07, 6.45) is 0. The van der Waals surface area contributed by atoms with E-state index in [2.05, 4.69) is 5.16 Å². The fraction of sp³-hybridized carbons (Fsp3) is 0.0714. The van der Waals surface area contributed by atoms with Crippen LogP contribution in [0.1, 0.15) is 11.1 Å². The van der Waals surface area contributed by atoms with Crippen molar-refractivity contribution in [3.63, 3.8) is 0 Å². The maximum atomic E-state index is 12.9. The smallest absolute Gasteiger partial charge is 0.173 e. The van der Waals surface area contributed by atoms with Crippen molar-refractivity contribution in [1.82, 2.24) is 0 Å². The summed E-state index contributed by atoms with van der Waals surface area (Å²) in [5, 5.41) is 11.9. The first-order chi connectivity index (χ1) is 9.61. The Labute approximate surface area is 120 Å². The van der Waals surface area contributed by atoms with Crippen LogP contribution in [0.15, 0.2) is 47.6 Å². The van der Waals surface area contributed by atoms with E-state index in [-0.39, 0.29) is 17.5 Å². The van der Waals surface area contributed by atoms with Gasteiger partial charge < -0.3 is 15.7 Å². The fourth-order valence-electron chi connectivity index (χ4n) is 1.65. The largest absolute Gasteiger partial charge is 0.488 e. The zero-order valence-corrected chi connectivity index (χ0v) is 11.1. The highest BCUT2D eigenvalue weighted by molar-refractivity contribution is 6.31. The molecule has 2 rings (SSSR count). The Hall–Kier alpha value is -2.27. The molecule has 0 fully saturated rings. The van der Waals surface area contributed by atoms with Crippen LogP contribution in [0.4, 0.5) is 4.39 Å². The molecule has 0 saturated heterocycles. The number of oxime groups is 1. The zero-order valence-electron chi connectivity index (χ0n) is 10.4. The summed E-state index contributed by atoms with van der Waals surface area (Å²) >= 11 is 5.92. The molecule has 20 heavy (non-hydrogen) atoms. The molecule has 0 aliphatic rings. The summed E-state index contributed by atoms with van der Waals surface area (Å²) in [7, 11) is 0. The van der Waals surface area contributed by atoms with Crippen LogP contribution in [-0.4, -0.2) is 11.0 Å². The number of benzene rings is 2. The van der Waals surface area contributed by atoms with E-state index in [1.807, 2.05) is 0 Å². The predicted octanol–water partition coefficient (Wildman–Crippen LogP) is 3.15. The zero-order chi connectivity index (χ0) is 14.5. The van der Waals surface area contributed by atoms with E-state index in [0.29, 0.717) is 16.9 Å². The van der Waals surface area contributed by atoms with Gasteiger partial charge in [-0.1, -0.05) is 35.0 Å². The molecule has 0 spiro atoms. The third kappa shape index (κ3) is 3.19. The minimum atomic E-state index is -0.407. The van der Waals surface area contributed by atoms with Crippen molar-refractivity contribution in [3.8, 4) is 5.75 Å². The maximum Gasteiger partial charge on any atom is 0.173 e. The molecule has 0 saturated carbocycles. The van der Waals surface area contributed by atoms with E-state index in [1.165, 1.54) is 12.1 Å². The van der Waals surface area contributed by atoms with Crippen LogP contribution in [0.25, 0.3) is 0 Å². The lowest BCUT2D eigenvalue weighted by Gasteiger charge is -2.11. The predicted molar refractivity (Wildman–Crippen MR) is 74.7 cm³/mol. The van der Waals surface area contributed by atoms with Crippen molar-refractivity contribution in [1.29, 1.82) is 0 Å². The molecule has 6 heteroatoms. The van der Waals surface area contributed by atoms with Gasteiger partial charge in [0.1, 0.15) is 18.2 Å². The second-order valence-electron chi connectivity index (χ2n) is 4.01. The summed E-state index contributed by atoms with van der Waals surface area (Å²) < 4.78 is 18.5. The average molecular weight is 295 g/mol. The number of rotatable bonds is 4. The fourth-order valence-corrected chi connectivity index (χ4v) is 1.87. The first kappa shape index (κ1) is 14.1. The van der Waals surface area contributed by atoms with Gasteiger partial charge in [0.2, 0.25) is 0 Å². The second kappa shape index (κ2) is 6.25. The summed E-state index contributed by atoms with van der Waals surface area (Å²) in [5.74, 6) is -0.00944. The number of nitrogens with zero attached hydrogens (tertiary/aromatic N) is 1. The van der Waals surface area contributed by atoms with Crippen LogP contribution in [0.2, 0.25) is 5.02 Å². The highest BCUT2D eigenvalue weighted by Crippen LogP contribution is 2.22. The Balaban J connectivity index is 2.19. The lowest BCUT2D eigenvalue weighted by molar-refractivity contribution is 0.303. The van der Waals surface area contributed by atoms with Crippen LogP contribution in [-0.2, 0) is 6.61 Å². The lowest BCUT2D eigenvalue weighted by atomic mass is 10.2. The molecular weight excluding hydrogens is 283 g/mol. The van der Waals surface area contributed by atoms with Crippen molar-refractivity contribution in [3.05, 3.63) is 64.4 Å². The highest BCUT2D eigenvalue weighted by Gasteiger charge is 2.09. The van der Waals surface area contributed by atoms with Gasteiger partial charge in [0.25, 0.3) is 0 Å². The Kier molecular flexibility index (Phi) is 4.42. The number of ether oxygens (including phenoxy) is 1. The van der Waals surface area contributed by atoms with E-state index < -0.39 is 5.82 Å². The molecule has 104 valence electrons. The van der Waals surface area contributed by atoms with Crippen molar-refractivity contribution in [2.45, 2.75) is 6.61 Å². The van der Waals surface area contributed by atoms with Crippen molar-refractivity contribution in [2.75, 3.05) is 0 Å². The van der Waals surface area contributed by atoms with E-state index >= 15 is 0 Å². The molecule has 0 aliphatic heterocycles. The number of hydrogen-bond donors (Lipinski definition) is 2. The van der Waals surface area contributed by atoms with Gasteiger partial charge in [0, 0.05) is 5.56 Å². The number of amidine groups is 1. The lowest BCUT2D eigenvalue weighted by Crippen LogP contribution is -2.14. The van der Waals surface area contributed by atoms with E-state index in [4.69, 9.17) is 27.3 Å². The van der Waals surface area contributed by atoms with E-state index in [0.717, 1.165) is 0 Å². The molecule has 0 aliphatic carbocycles. The summed E-state index contributed by atoms with van der Waals surface area (Å²) in [6, 6.07) is 10.9. The van der Waals surface area contributed by atoms with Crippen molar-refractivity contribution in [2.24, 2.45) is 10.9 Å². The summed E-state index contributed by atoms with van der Waals surface area (Å²) in [4.78, 5) is 0. The Morgan fingerprint density at radius 3 is 2.75 bits per heavy atom. The first-order valence-corrected chi connectivity index (χ1v) is 6.13. The number of para-hydroxylation sites is 1. The Bertz CT molecular complexity index is 647. The molecule has 3 N–H and O–H groups in total. The van der Waals surface area contributed by atoms with Gasteiger partial charge in [-0.2, -0.15) is 0 Å². The van der Waals surface area contributed by atoms with Gasteiger partial charge in [-0.3, -0.25) is 0 Å². The standard InChI is InChI=1S/C14H12ClFN2O2/c15-12-7-10(16)6-5-9(12)8-20-13-4-2-1-3-11(13)14(17)18-19/h1-7,19H,8H2,(H2,17,18). The van der Waals surface area contributed by atoms with Gasteiger partial charge >= 0.3 is 0 Å². The van der Waals surface area contributed by atoms with Gasteiger partial charge in [-0.05, 0) is 24.3 Å². The quantitative estimate of drug-likeness (QED) is 0.394. The molecule has 4 nitrogen and oxygen atoms in total. The van der Waals surface area contributed by atoms with Crippen LogP contribution >= 0.6 is 11.6 Å². The van der Waals surface area contributed by atoms with Crippen LogP contribution < -0.4 is 10.5 Å². The SMILES string of the molecule is N/C(=N\O)c1ccccc1OCc1ccc(F)cc1Cl. The second-order valence-corrected chi connectivity index (χ2v) is 4.41. The summed E-state index contributed by atoms with van der Waals surface area (Å²) in [6.45, 7) is 0.148. The maximum absolute atomic E-state index is 12.9. The topological polar surface area (TPSA) is 67.8 Å². The van der Waals surface area contributed by atoms with Gasteiger partial charge in [-0.25, -0.2) is 4.39 Å². The van der Waals surface area contributed by atoms with Crippen LogP contribution in [0.3, 0.4) is 0 Å². The van der Waals surface area contributed by atoms with E-state index in [1.54, 1.807) is 30.3 Å². The number of hydrogen-bond acceptors (Lipinski definition) is 3. The number of nitrogens with two attached hydrogens (primary N) is 1. The molecule has 0 radical (unpaired) electrons. The molecular formula is C14H12ClFN2O2. The molecule has 0 aromatic heterocycles. The molecule has 0 amide bonds. The molecule has 2 aromatic carbocycles. The van der Waals surface area contributed by atoms with Crippen LogP contribution in [0, 0.1) is 5.82 Å². The first-order valence-electron chi connectivity index (χ1n) is 5.75. The normalized spacial score (nSPS) is 11.4. The third-order valence-corrected chi connectivity index (χ3v) is 3.02. The highest BCUT2D eigenvalue weighted by atomic mass is 35.5. The Morgan fingerprint density at radius 1 is 1.30 bits per heavy atom. The van der Waals surface area contributed by atoms with Gasteiger partial charge in [0.15, 0.2) is 5.84 Å². The van der Waals surface area contributed by atoms with Crippen molar-refractivity contribution < 1.29 is 14.3 Å². The van der Waals surface area contributed by atoms with Crippen molar-refractivity contribution >= 4 is 17.4 Å².